The first-order chi connectivity index (χ1) is 12.6. The van der Waals surface area contributed by atoms with E-state index in [0.29, 0.717) is 31.1 Å². The molecule has 0 spiro atoms. The van der Waals surface area contributed by atoms with E-state index >= 15 is 0 Å². The highest BCUT2D eigenvalue weighted by molar-refractivity contribution is 5.95. The van der Waals surface area contributed by atoms with Gasteiger partial charge in [0.25, 0.3) is 5.91 Å². The summed E-state index contributed by atoms with van der Waals surface area (Å²) in [5.41, 5.74) is 1.46. The third-order valence-corrected chi connectivity index (χ3v) is 5.12. The molecule has 1 saturated heterocycles. The van der Waals surface area contributed by atoms with Crippen LogP contribution >= 0.6 is 0 Å². The van der Waals surface area contributed by atoms with E-state index in [1.54, 1.807) is 12.1 Å². The van der Waals surface area contributed by atoms with Crippen molar-refractivity contribution in [3.8, 4) is 5.75 Å². The first kappa shape index (κ1) is 16.9. The summed E-state index contributed by atoms with van der Waals surface area (Å²) in [4.78, 5) is 40.1. The Balaban J connectivity index is 1.36. The molecule has 1 aromatic carbocycles. The summed E-state index contributed by atoms with van der Waals surface area (Å²) < 4.78 is 5.34. The molecule has 0 aromatic heterocycles. The minimum atomic E-state index is -0.186. The minimum Gasteiger partial charge on any atom is -0.482 e. The molecule has 1 aromatic rings. The molecule has 3 amide bonds. The molecule has 2 heterocycles. The molecule has 7 nitrogen and oxygen atoms in total. The zero-order valence-corrected chi connectivity index (χ0v) is 14.7. The normalized spacial score (nSPS) is 19.9. The Labute approximate surface area is 152 Å². The fourth-order valence-corrected chi connectivity index (χ4v) is 3.50. The van der Waals surface area contributed by atoms with Crippen LogP contribution in [0, 0.1) is 5.92 Å². The molecule has 2 aliphatic heterocycles. The van der Waals surface area contributed by atoms with E-state index in [2.05, 4.69) is 5.32 Å². The molecule has 3 aliphatic rings. The Morgan fingerprint density at radius 1 is 1.12 bits per heavy atom. The SMILES string of the molecule is O=C1COc2ccc(CC(=O)N3CCCN(C(=O)C4CC4)CC3)cc2N1. The van der Waals surface area contributed by atoms with E-state index in [9.17, 15) is 14.4 Å². The maximum Gasteiger partial charge on any atom is 0.262 e. The molecule has 138 valence electrons. The predicted molar refractivity (Wildman–Crippen MR) is 94.8 cm³/mol. The Kier molecular flexibility index (Phi) is 4.53. The van der Waals surface area contributed by atoms with Crippen LogP contribution in [0.25, 0.3) is 0 Å². The number of anilines is 1. The number of fused-ring (bicyclic) bond motifs is 1. The molecule has 0 bridgehead atoms. The van der Waals surface area contributed by atoms with Crippen LogP contribution in [-0.2, 0) is 20.8 Å². The van der Waals surface area contributed by atoms with E-state index in [-0.39, 0.29) is 36.7 Å². The topological polar surface area (TPSA) is 79.0 Å². The van der Waals surface area contributed by atoms with Crippen molar-refractivity contribution >= 4 is 23.4 Å². The van der Waals surface area contributed by atoms with Crippen LogP contribution in [-0.4, -0.2) is 60.3 Å². The van der Waals surface area contributed by atoms with Crippen LogP contribution in [0.5, 0.6) is 5.75 Å². The van der Waals surface area contributed by atoms with Crippen molar-refractivity contribution in [3.05, 3.63) is 23.8 Å². The third kappa shape index (κ3) is 3.66. The lowest BCUT2D eigenvalue weighted by Gasteiger charge is -2.23. The van der Waals surface area contributed by atoms with Crippen LogP contribution in [0.3, 0.4) is 0 Å². The van der Waals surface area contributed by atoms with Gasteiger partial charge in [-0.05, 0) is 37.0 Å². The van der Waals surface area contributed by atoms with E-state index in [4.69, 9.17) is 4.74 Å². The molecule has 0 radical (unpaired) electrons. The van der Waals surface area contributed by atoms with Crippen molar-refractivity contribution in [3.63, 3.8) is 0 Å². The molecule has 1 N–H and O–H groups in total. The minimum absolute atomic E-state index is 0.0229. The fraction of sp³-hybridized carbons (Fsp3) is 0.526. The Morgan fingerprint density at radius 2 is 1.88 bits per heavy atom. The van der Waals surface area contributed by atoms with Gasteiger partial charge in [0.05, 0.1) is 12.1 Å². The van der Waals surface area contributed by atoms with Crippen LogP contribution in [0.4, 0.5) is 5.69 Å². The zero-order valence-electron chi connectivity index (χ0n) is 14.7. The lowest BCUT2D eigenvalue weighted by Crippen LogP contribution is -2.38. The summed E-state index contributed by atoms with van der Waals surface area (Å²) in [6.45, 7) is 2.64. The van der Waals surface area contributed by atoms with Crippen LogP contribution in [0.15, 0.2) is 18.2 Å². The molecule has 0 unspecified atom stereocenters. The molecule has 4 rings (SSSR count). The first-order valence-corrected chi connectivity index (χ1v) is 9.22. The van der Waals surface area contributed by atoms with Crippen LogP contribution < -0.4 is 10.1 Å². The maximum absolute atomic E-state index is 12.7. The van der Waals surface area contributed by atoms with Gasteiger partial charge in [0.15, 0.2) is 6.61 Å². The quantitative estimate of drug-likeness (QED) is 0.876. The Bertz CT molecular complexity index is 744. The number of nitrogens with one attached hydrogen (secondary N) is 1. The first-order valence-electron chi connectivity index (χ1n) is 9.22. The number of rotatable bonds is 3. The molecule has 2 fully saturated rings. The molecular formula is C19H23N3O4. The van der Waals surface area contributed by atoms with Crippen LogP contribution in [0.1, 0.15) is 24.8 Å². The summed E-state index contributed by atoms with van der Waals surface area (Å²) in [6.07, 6.45) is 3.12. The fourth-order valence-electron chi connectivity index (χ4n) is 3.50. The van der Waals surface area contributed by atoms with Gasteiger partial charge in [-0.25, -0.2) is 0 Å². The number of nitrogens with zero attached hydrogens (tertiary/aromatic N) is 2. The van der Waals surface area contributed by atoms with Gasteiger partial charge in [-0.15, -0.1) is 0 Å². The maximum atomic E-state index is 12.7. The number of amides is 3. The smallest absolute Gasteiger partial charge is 0.262 e. The summed E-state index contributed by atoms with van der Waals surface area (Å²) in [5.74, 6) is 0.974. The van der Waals surface area contributed by atoms with Gasteiger partial charge in [-0.3, -0.25) is 14.4 Å². The second kappa shape index (κ2) is 6.97. The summed E-state index contributed by atoms with van der Waals surface area (Å²) in [6, 6.07) is 5.44. The number of ether oxygens (including phenoxy) is 1. The zero-order chi connectivity index (χ0) is 18.1. The number of carbonyl (C=O) groups is 3. The van der Waals surface area contributed by atoms with Gasteiger partial charge in [0.1, 0.15) is 5.75 Å². The van der Waals surface area contributed by atoms with E-state index < -0.39 is 0 Å². The largest absolute Gasteiger partial charge is 0.482 e. The highest BCUT2D eigenvalue weighted by Crippen LogP contribution is 2.31. The van der Waals surface area contributed by atoms with Gasteiger partial charge < -0.3 is 19.9 Å². The van der Waals surface area contributed by atoms with Crippen molar-refractivity contribution in [2.45, 2.75) is 25.7 Å². The average Bonchev–Trinajstić information content (AvgIpc) is 3.47. The second-order valence-corrected chi connectivity index (χ2v) is 7.18. The standard InChI is InChI=1S/C19H23N3O4/c23-17-12-26-16-5-2-13(10-15(16)20-17)11-18(24)21-6-1-7-22(9-8-21)19(25)14-3-4-14/h2,5,10,14H,1,3-4,6-9,11-12H2,(H,20,23). The molecule has 26 heavy (non-hydrogen) atoms. The van der Waals surface area contributed by atoms with E-state index in [1.165, 1.54) is 0 Å². The number of hydrogen-bond acceptors (Lipinski definition) is 4. The molecular weight excluding hydrogens is 334 g/mol. The van der Waals surface area contributed by atoms with Crippen molar-refractivity contribution < 1.29 is 19.1 Å². The number of benzene rings is 1. The third-order valence-electron chi connectivity index (χ3n) is 5.12. The van der Waals surface area contributed by atoms with E-state index in [0.717, 1.165) is 31.4 Å². The van der Waals surface area contributed by atoms with E-state index in [1.807, 2.05) is 15.9 Å². The van der Waals surface area contributed by atoms with Crippen molar-refractivity contribution in [2.75, 3.05) is 38.1 Å². The average molecular weight is 357 g/mol. The summed E-state index contributed by atoms with van der Waals surface area (Å²) in [5, 5.41) is 2.76. The second-order valence-electron chi connectivity index (χ2n) is 7.18. The highest BCUT2D eigenvalue weighted by atomic mass is 16.5. The highest BCUT2D eigenvalue weighted by Gasteiger charge is 2.34. The van der Waals surface area contributed by atoms with Crippen molar-refractivity contribution in [1.82, 2.24) is 9.80 Å². The predicted octanol–water partition coefficient (Wildman–Crippen LogP) is 1.03. The lowest BCUT2D eigenvalue weighted by molar-refractivity contribution is -0.134. The van der Waals surface area contributed by atoms with Crippen molar-refractivity contribution in [1.29, 1.82) is 0 Å². The molecule has 0 atom stereocenters. The number of hydrogen-bond donors (Lipinski definition) is 1. The summed E-state index contributed by atoms with van der Waals surface area (Å²) >= 11 is 0. The Hall–Kier alpha value is -2.57. The van der Waals surface area contributed by atoms with Gasteiger partial charge in [-0.2, -0.15) is 0 Å². The van der Waals surface area contributed by atoms with Crippen LogP contribution in [0.2, 0.25) is 0 Å². The number of carbonyl (C=O) groups excluding carboxylic acids is 3. The van der Waals surface area contributed by atoms with Gasteiger partial charge in [0, 0.05) is 32.1 Å². The van der Waals surface area contributed by atoms with Gasteiger partial charge >= 0.3 is 0 Å². The molecule has 1 saturated carbocycles. The Morgan fingerprint density at radius 3 is 2.69 bits per heavy atom. The molecule has 7 heteroatoms. The molecule has 1 aliphatic carbocycles. The summed E-state index contributed by atoms with van der Waals surface area (Å²) in [7, 11) is 0. The van der Waals surface area contributed by atoms with Gasteiger partial charge in [-0.1, -0.05) is 6.07 Å². The lowest BCUT2D eigenvalue weighted by atomic mass is 10.1. The van der Waals surface area contributed by atoms with Gasteiger partial charge in [0.2, 0.25) is 11.8 Å². The monoisotopic (exact) mass is 357 g/mol. The van der Waals surface area contributed by atoms with Crippen molar-refractivity contribution in [2.24, 2.45) is 5.92 Å².